The summed E-state index contributed by atoms with van der Waals surface area (Å²) in [7, 11) is 1.45. The van der Waals surface area contributed by atoms with Crippen LogP contribution in [0.2, 0.25) is 0 Å². The van der Waals surface area contributed by atoms with Crippen molar-refractivity contribution in [3.05, 3.63) is 40.4 Å². The number of hydrogen-bond donors (Lipinski definition) is 1. The smallest absolute Gasteiger partial charge is 0.341 e. The van der Waals surface area contributed by atoms with E-state index in [1.165, 1.54) is 31.2 Å². The number of nitrogens with zero attached hydrogens (tertiary/aromatic N) is 3. The van der Waals surface area contributed by atoms with Gasteiger partial charge in [-0.2, -0.15) is 0 Å². The van der Waals surface area contributed by atoms with Crippen molar-refractivity contribution < 1.29 is 9.53 Å². The maximum atomic E-state index is 12.6. The molecule has 0 spiro atoms. The minimum Gasteiger partial charge on any atom is -0.465 e. The van der Waals surface area contributed by atoms with Crippen LogP contribution in [-0.2, 0) is 17.6 Å². The third-order valence-electron chi connectivity index (χ3n) is 5.82. The van der Waals surface area contributed by atoms with Crippen molar-refractivity contribution in [1.29, 1.82) is 0 Å². The van der Waals surface area contributed by atoms with E-state index < -0.39 is 0 Å². The molecular formula is C22H28N4O2S2. The second kappa shape index (κ2) is 9.75. The van der Waals surface area contributed by atoms with E-state index in [-0.39, 0.29) is 5.97 Å². The Hall–Kier alpha value is -2.19. The Morgan fingerprint density at radius 1 is 1.13 bits per heavy atom. The lowest BCUT2D eigenvalue weighted by Gasteiger charge is -2.36. The molecular weight excluding hydrogens is 416 g/mol. The molecule has 2 aliphatic rings. The van der Waals surface area contributed by atoms with Crippen molar-refractivity contribution in [3.8, 4) is 0 Å². The fourth-order valence-electron chi connectivity index (χ4n) is 4.18. The van der Waals surface area contributed by atoms with Crippen LogP contribution >= 0.6 is 23.6 Å². The summed E-state index contributed by atoms with van der Waals surface area (Å²) in [5.41, 5.74) is 1.85. The second-order valence-corrected chi connectivity index (χ2v) is 9.20. The first-order valence-corrected chi connectivity index (χ1v) is 11.8. The molecule has 1 saturated heterocycles. The average molecular weight is 445 g/mol. The van der Waals surface area contributed by atoms with Gasteiger partial charge in [0.15, 0.2) is 5.11 Å². The topological polar surface area (TPSA) is 57.7 Å². The van der Waals surface area contributed by atoms with Gasteiger partial charge in [0.2, 0.25) is 0 Å². The molecule has 6 nitrogen and oxygen atoms in total. The molecule has 3 heterocycles. The molecule has 0 saturated carbocycles. The highest BCUT2D eigenvalue weighted by atomic mass is 32.1. The number of ether oxygens (including phenoxy) is 1. The first-order valence-electron chi connectivity index (χ1n) is 10.6. The predicted molar refractivity (Wildman–Crippen MR) is 126 cm³/mol. The molecule has 0 bridgehead atoms. The summed E-state index contributed by atoms with van der Waals surface area (Å²) in [6.07, 6.45) is 8.56. The molecule has 1 aliphatic carbocycles. The van der Waals surface area contributed by atoms with Crippen LogP contribution in [-0.4, -0.2) is 54.3 Å². The first-order chi connectivity index (χ1) is 14.7. The molecule has 1 aliphatic heterocycles. The number of hydrogen-bond acceptors (Lipinski definition) is 6. The van der Waals surface area contributed by atoms with Crippen LogP contribution < -0.4 is 10.2 Å². The summed E-state index contributed by atoms with van der Waals surface area (Å²) in [5, 5.41) is 4.90. The van der Waals surface area contributed by atoms with Crippen molar-refractivity contribution in [2.75, 3.05) is 43.5 Å². The molecule has 0 radical (unpaired) electrons. The summed E-state index contributed by atoms with van der Waals surface area (Å²) >= 11 is 7.39. The Morgan fingerprint density at radius 3 is 2.60 bits per heavy atom. The van der Waals surface area contributed by atoms with Gasteiger partial charge < -0.3 is 19.9 Å². The maximum absolute atomic E-state index is 12.6. The van der Waals surface area contributed by atoms with E-state index in [4.69, 9.17) is 17.0 Å². The van der Waals surface area contributed by atoms with Crippen LogP contribution in [0.25, 0.3) is 0 Å². The lowest BCUT2D eigenvalue weighted by Crippen LogP contribution is -2.50. The predicted octanol–water partition coefficient (Wildman–Crippen LogP) is 4.11. The van der Waals surface area contributed by atoms with Gasteiger partial charge in [-0.3, -0.25) is 0 Å². The largest absolute Gasteiger partial charge is 0.465 e. The van der Waals surface area contributed by atoms with Crippen molar-refractivity contribution in [3.63, 3.8) is 0 Å². The monoisotopic (exact) mass is 444 g/mol. The molecule has 1 fully saturated rings. The zero-order valence-electron chi connectivity index (χ0n) is 17.4. The van der Waals surface area contributed by atoms with Gasteiger partial charge in [-0.25, -0.2) is 9.78 Å². The van der Waals surface area contributed by atoms with Gasteiger partial charge in [-0.1, -0.05) is 18.9 Å². The molecule has 160 valence electrons. The van der Waals surface area contributed by atoms with Gasteiger partial charge in [0, 0.05) is 37.3 Å². The van der Waals surface area contributed by atoms with Gasteiger partial charge >= 0.3 is 5.97 Å². The number of nitrogens with one attached hydrogen (secondary N) is 1. The van der Waals surface area contributed by atoms with E-state index in [0.29, 0.717) is 10.7 Å². The van der Waals surface area contributed by atoms with Crippen molar-refractivity contribution >= 4 is 45.5 Å². The van der Waals surface area contributed by atoms with E-state index in [1.807, 2.05) is 24.4 Å². The molecule has 4 rings (SSSR count). The summed E-state index contributed by atoms with van der Waals surface area (Å²) in [6.45, 7) is 3.37. The molecule has 0 atom stereocenters. The van der Waals surface area contributed by atoms with Crippen LogP contribution in [0.4, 0.5) is 10.8 Å². The van der Waals surface area contributed by atoms with E-state index in [9.17, 15) is 4.79 Å². The van der Waals surface area contributed by atoms with Gasteiger partial charge in [0.05, 0.1) is 12.7 Å². The van der Waals surface area contributed by atoms with Crippen LogP contribution in [0.5, 0.6) is 0 Å². The minimum absolute atomic E-state index is 0.265. The quantitative estimate of drug-likeness (QED) is 0.565. The summed E-state index contributed by atoms with van der Waals surface area (Å²) in [6, 6.07) is 5.98. The second-order valence-electron chi connectivity index (χ2n) is 7.71. The molecule has 0 amide bonds. The minimum atomic E-state index is -0.265. The summed E-state index contributed by atoms with van der Waals surface area (Å²) < 4.78 is 5.12. The number of carbonyl (C=O) groups excluding carboxylic acids is 1. The van der Waals surface area contributed by atoms with E-state index in [0.717, 1.165) is 61.8 Å². The van der Waals surface area contributed by atoms with E-state index >= 15 is 0 Å². The Kier molecular flexibility index (Phi) is 6.84. The maximum Gasteiger partial charge on any atom is 0.341 e. The van der Waals surface area contributed by atoms with Gasteiger partial charge in [-0.15, -0.1) is 11.3 Å². The van der Waals surface area contributed by atoms with Crippen molar-refractivity contribution in [2.45, 2.75) is 38.5 Å². The zero-order valence-corrected chi connectivity index (χ0v) is 19.0. The average Bonchev–Trinajstić information content (AvgIpc) is 3.09. The summed E-state index contributed by atoms with van der Waals surface area (Å²) in [5.74, 6) is 0.736. The third kappa shape index (κ3) is 4.59. The highest BCUT2D eigenvalue weighted by Gasteiger charge is 2.27. The number of aromatic nitrogens is 1. The SMILES string of the molecule is COC(=O)c1c(NC(=S)N2CCN(c3ccccn3)CC2)sc2c1CCCCCC2. The lowest BCUT2D eigenvalue weighted by molar-refractivity contribution is 0.0601. The number of methoxy groups -OCH3 is 1. The van der Waals surface area contributed by atoms with Gasteiger partial charge in [0.1, 0.15) is 10.8 Å². The van der Waals surface area contributed by atoms with Crippen LogP contribution in [0.3, 0.4) is 0 Å². The molecule has 1 N–H and O–H groups in total. The number of pyridine rings is 1. The Labute approximate surface area is 187 Å². The molecule has 2 aromatic rings. The number of aryl methyl sites for hydroxylation is 1. The van der Waals surface area contributed by atoms with Crippen LogP contribution in [0.1, 0.15) is 46.5 Å². The fourth-order valence-corrected chi connectivity index (χ4v) is 5.81. The molecule has 0 unspecified atom stereocenters. The van der Waals surface area contributed by atoms with Gasteiger partial charge in [-0.05, 0) is 55.6 Å². The number of esters is 1. The van der Waals surface area contributed by atoms with E-state index in [2.05, 4.69) is 20.1 Å². The number of piperazine rings is 1. The Morgan fingerprint density at radius 2 is 1.90 bits per heavy atom. The number of fused-ring (bicyclic) bond motifs is 1. The normalized spacial score (nSPS) is 17.0. The fraction of sp³-hybridized carbons (Fsp3) is 0.500. The van der Waals surface area contributed by atoms with Gasteiger partial charge in [0.25, 0.3) is 0 Å². The molecule has 8 heteroatoms. The highest BCUT2D eigenvalue weighted by molar-refractivity contribution is 7.80. The molecule has 0 aromatic carbocycles. The number of carbonyl (C=O) groups is 1. The van der Waals surface area contributed by atoms with Crippen LogP contribution in [0.15, 0.2) is 24.4 Å². The number of thiocarbonyl (C=S) groups is 1. The zero-order chi connectivity index (χ0) is 20.9. The van der Waals surface area contributed by atoms with Crippen LogP contribution in [0, 0.1) is 0 Å². The standard InChI is InChI=1S/C22H28N4O2S2/c1-28-21(27)19-16-8-4-2-3-5-9-17(16)30-20(19)24-22(29)26-14-12-25(13-15-26)18-10-6-7-11-23-18/h6-7,10-11H,2-5,8-9,12-15H2,1H3,(H,24,29). The number of rotatable bonds is 3. The Balaban J connectivity index is 1.46. The van der Waals surface area contributed by atoms with E-state index in [1.54, 1.807) is 11.3 Å². The summed E-state index contributed by atoms with van der Waals surface area (Å²) in [4.78, 5) is 22.8. The third-order valence-corrected chi connectivity index (χ3v) is 7.39. The van der Waals surface area contributed by atoms with Crippen molar-refractivity contribution in [2.24, 2.45) is 0 Å². The first kappa shape index (κ1) is 21.1. The lowest BCUT2D eigenvalue weighted by atomic mass is 9.96. The van der Waals surface area contributed by atoms with Crippen molar-refractivity contribution in [1.82, 2.24) is 9.88 Å². The highest BCUT2D eigenvalue weighted by Crippen LogP contribution is 2.37. The molecule has 2 aromatic heterocycles. The number of thiophene rings is 1. The molecule has 30 heavy (non-hydrogen) atoms. The number of anilines is 2. The Bertz CT molecular complexity index is 892.